The summed E-state index contributed by atoms with van der Waals surface area (Å²) in [6, 6.07) is 0. The quantitative estimate of drug-likeness (QED) is 0.923. The van der Waals surface area contributed by atoms with E-state index in [1.54, 1.807) is 0 Å². The molecular weight excluding hydrogens is 264 g/mol. The van der Waals surface area contributed by atoms with Crippen LogP contribution in [0.15, 0.2) is 4.52 Å². The van der Waals surface area contributed by atoms with Gasteiger partial charge in [-0.1, -0.05) is 5.16 Å². The zero-order chi connectivity index (χ0) is 13.2. The van der Waals surface area contributed by atoms with Crippen molar-refractivity contribution in [2.75, 3.05) is 13.2 Å². The first kappa shape index (κ1) is 12.7. The van der Waals surface area contributed by atoms with E-state index in [4.69, 9.17) is 15.0 Å². The van der Waals surface area contributed by atoms with E-state index in [-0.39, 0.29) is 5.92 Å². The van der Waals surface area contributed by atoms with E-state index in [1.165, 1.54) is 11.3 Å². The van der Waals surface area contributed by atoms with Gasteiger partial charge in [0.05, 0.1) is 12.3 Å². The van der Waals surface area contributed by atoms with Crippen LogP contribution in [0.1, 0.15) is 35.3 Å². The smallest absolute Gasteiger partial charge is 0.269 e. The van der Waals surface area contributed by atoms with Gasteiger partial charge >= 0.3 is 0 Å². The summed E-state index contributed by atoms with van der Waals surface area (Å²) in [7, 11) is 0. The molecule has 102 valence electrons. The molecule has 7 heteroatoms. The summed E-state index contributed by atoms with van der Waals surface area (Å²) in [6.45, 7) is 3.87. The second-order valence-corrected chi connectivity index (χ2v) is 5.68. The lowest BCUT2D eigenvalue weighted by Crippen LogP contribution is -2.16. The highest BCUT2D eigenvalue weighted by atomic mass is 32.1. The predicted molar refractivity (Wildman–Crippen MR) is 70.8 cm³/mol. The molecule has 3 rings (SSSR count). The zero-order valence-corrected chi connectivity index (χ0v) is 11.6. The van der Waals surface area contributed by atoms with Crippen LogP contribution >= 0.6 is 11.3 Å². The lowest BCUT2D eigenvalue weighted by Gasteiger charge is -2.18. The van der Waals surface area contributed by atoms with Crippen LogP contribution in [0.4, 0.5) is 0 Å². The molecule has 0 aliphatic carbocycles. The molecule has 1 aliphatic rings. The molecule has 0 saturated carbocycles. The topological polar surface area (TPSA) is 87.1 Å². The molecule has 1 fully saturated rings. The average molecular weight is 280 g/mol. The van der Waals surface area contributed by atoms with E-state index in [9.17, 15) is 0 Å². The second kappa shape index (κ2) is 5.36. The first-order chi connectivity index (χ1) is 9.28. The molecule has 6 nitrogen and oxygen atoms in total. The number of thiazole rings is 1. The van der Waals surface area contributed by atoms with Crippen LogP contribution < -0.4 is 5.73 Å². The Morgan fingerprint density at radius 3 is 3.00 bits per heavy atom. The Hall–Kier alpha value is -1.31. The highest BCUT2D eigenvalue weighted by Crippen LogP contribution is 2.30. The number of nitrogens with two attached hydrogens (primary N) is 1. The fourth-order valence-corrected chi connectivity index (χ4v) is 3.04. The van der Waals surface area contributed by atoms with Crippen LogP contribution in [0.5, 0.6) is 0 Å². The van der Waals surface area contributed by atoms with Crippen LogP contribution in [0.3, 0.4) is 0 Å². The number of hydrogen-bond donors (Lipinski definition) is 1. The summed E-state index contributed by atoms with van der Waals surface area (Å²) in [6.07, 6.45) is 2.10. The number of hydrogen-bond acceptors (Lipinski definition) is 7. The second-order valence-electron chi connectivity index (χ2n) is 4.60. The maximum Gasteiger partial charge on any atom is 0.269 e. The molecule has 19 heavy (non-hydrogen) atoms. The number of aromatic nitrogens is 3. The number of ether oxygens (including phenoxy) is 1. The van der Waals surface area contributed by atoms with E-state index in [0.717, 1.165) is 40.9 Å². The Morgan fingerprint density at radius 1 is 1.42 bits per heavy atom. The van der Waals surface area contributed by atoms with E-state index < -0.39 is 0 Å². The monoisotopic (exact) mass is 280 g/mol. The van der Waals surface area contributed by atoms with Crippen LogP contribution in [-0.2, 0) is 11.3 Å². The molecule has 1 unspecified atom stereocenters. The third-order valence-corrected chi connectivity index (χ3v) is 4.34. The van der Waals surface area contributed by atoms with Crippen molar-refractivity contribution in [2.45, 2.75) is 32.2 Å². The molecular formula is C12H16N4O2S. The minimum Gasteiger partial charge on any atom is -0.381 e. The summed E-state index contributed by atoms with van der Waals surface area (Å²) in [4.78, 5) is 9.77. The van der Waals surface area contributed by atoms with Crippen molar-refractivity contribution < 1.29 is 9.26 Å². The first-order valence-corrected chi connectivity index (χ1v) is 7.17. The van der Waals surface area contributed by atoms with E-state index >= 15 is 0 Å². The van der Waals surface area contributed by atoms with Gasteiger partial charge in [0.2, 0.25) is 0 Å². The first-order valence-electron chi connectivity index (χ1n) is 6.36. The Labute approximate surface area is 115 Å². The van der Waals surface area contributed by atoms with Crippen molar-refractivity contribution >= 4 is 11.3 Å². The van der Waals surface area contributed by atoms with Crippen molar-refractivity contribution in [1.29, 1.82) is 0 Å². The minimum atomic E-state index is 0.244. The molecule has 0 radical (unpaired) electrons. The summed E-state index contributed by atoms with van der Waals surface area (Å²) in [5.74, 6) is 1.51. The molecule has 0 amide bonds. The van der Waals surface area contributed by atoms with Crippen molar-refractivity contribution in [1.82, 2.24) is 15.1 Å². The SMILES string of the molecule is Cc1nc(CN)sc1-c1nc(C2CCCOC2)no1. The largest absolute Gasteiger partial charge is 0.381 e. The molecule has 3 heterocycles. The molecule has 1 atom stereocenters. The summed E-state index contributed by atoms with van der Waals surface area (Å²) in [5.41, 5.74) is 6.49. The van der Waals surface area contributed by atoms with Gasteiger partial charge in [0, 0.05) is 19.1 Å². The Balaban J connectivity index is 1.85. The van der Waals surface area contributed by atoms with Crippen LogP contribution in [0.2, 0.25) is 0 Å². The van der Waals surface area contributed by atoms with Crippen molar-refractivity contribution in [3.63, 3.8) is 0 Å². The Morgan fingerprint density at radius 2 is 2.32 bits per heavy atom. The summed E-state index contributed by atoms with van der Waals surface area (Å²) < 4.78 is 10.8. The maximum absolute atomic E-state index is 5.60. The lowest BCUT2D eigenvalue weighted by molar-refractivity contribution is 0.0773. The van der Waals surface area contributed by atoms with Crippen LogP contribution in [-0.4, -0.2) is 28.3 Å². The predicted octanol–water partition coefficient (Wildman–Crippen LogP) is 1.85. The molecule has 0 aromatic carbocycles. The Kier molecular flexibility index (Phi) is 3.58. The highest BCUT2D eigenvalue weighted by molar-refractivity contribution is 7.15. The number of aryl methyl sites for hydroxylation is 1. The third kappa shape index (κ3) is 2.54. The third-order valence-electron chi connectivity index (χ3n) is 3.18. The van der Waals surface area contributed by atoms with Gasteiger partial charge in [0.1, 0.15) is 9.88 Å². The van der Waals surface area contributed by atoms with E-state index in [2.05, 4.69) is 15.1 Å². The van der Waals surface area contributed by atoms with Gasteiger partial charge in [-0.3, -0.25) is 0 Å². The van der Waals surface area contributed by atoms with Crippen LogP contribution in [0, 0.1) is 6.92 Å². The van der Waals surface area contributed by atoms with Crippen molar-refractivity contribution in [3.05, 3.63) is 16.5 Å². The van der Waals surface area contributed by atoms with Gasteiger partial charge in [-0.2, -0.15) is 4.98 Å². The molecule has 2 aromatic rings. The van der Waals surface area contributed by atoms with E-state index in [0.29, 0.717) is 19.0 Å². The zero-order valence-electron chi connectivity index (χ0n) is 10.8. The van der Waals surface area contributed by atoms with Gasteiger partial charge in [-0.25, -0.2) is 4.98 Å². The Bertz CT molecular complexity index is 560. The van der Waals surface area contributed by atoms with E-state index in [1.807, 2.05) is 6.92 Å². The van der Waals surface area contributed by atoms with Crippen molar-refractivity contribution in [2.24, 2.45) is 5.73 Å². The van der Waals surface area contributed by atoms with Gasteiger partial charge in [0.25, 0.3) is 5.89 Å². The minimum absolute atomic E-state index is 0.244. The normalized spacial score (nSPS) is 19.8. The fraction of sp³-hybridized carbons (Fsp3) is 0.583. The van der Waals surface area contributed by atoms with Crippen molar-refractivity contribution in [3.8, 4) is 10.8 Å². The highest BCUT2D eigenvalue weighted by Gasteiger charge is 2.23. The van der Waals surface area contributed by atoms with Gasteiger partial charge in [0.15, 0.2) is 5.82 Å². The van der Waals surface area contributed by atoms with Gasteiger partial charge in [-0.15, -0.1) is 11.3 Å². The fourth-order valence-electron chi connectivity index (χ4n) is 2.18. The maximum atomic E-state index is 5.60. The molecule has 1 aliphatic heterocycles. The molecule has 0 bridgehead atoms. The van der Waals surface area contributed by atoms with Gasteiger partial charge < -0.3 is 15.0 Å². The molecule has 0 spiro atoms. The van der Waals surface area contributed by atoms with Gasteiger partial charge in [-0.05, 0) is 19.8 Å². The van der Waals surface area contributed by atoms with Crippen LogP contribution in [0.25, 0.3) is 10.8 Å². The summed E-state index contributed by atoms with van der Waals surface area (Å²) in [5, 5.41) is 4.96. The lowest BCUT2D eigenvalue weighted by atomic mass is 10.0. The number of nitrogens with zero attached hydrogens (tertiary/aromatic N) is 3. The number of rotatable bonds is 3. The summed E-state index contributed by atoms with van der Waals surface area (Å²) >= 11 is 1.51. The molecule has 2 aromatic heterocycles. The standard InChI is InChI=1S/C12H16N4O2S/c1-7-10(19-9(5-13)14-7)12-15-11(16-18-12)8-3-2-4-17-6-8/h8H,2-6,13H2,1H3. The average Bonchev–Trinajstić information content (AvgIpc) is 3.06. The molecule has 2 N–H and O–H groups in total. The molecule has 1 saturated heterocycles.